The van der Waals surface area contributed by atoms with Gasteiger partial charge >= 0.3 is 0 Å². The first-order chi connectivity index (χ1) is 17.4. The Morgan fingerprint density at radius 1 is 1.05 bits per heavy atom. The van der Waals surface area contributed by atoms with Gasteiger partial charge in [-0.2, -0.15) is 0 Å². The molecule has 0 aromatic heterocycles. The Morgan fingerprint density at radius 3 is 2.38 bits per heavy atom. The molecule has 1 heterocycles. The third kappa shape index (κ3) is 7.43. The number of carbonyl (C=O) groups is 2. The minimum atomic E-state index is -3.87. The number of benzene rings is 2. The highest BCUT2D eigenvalue weighted by molar-refractivity contribution is 7.92. The van der Waals surface area contributed by atoms with Crippen molar-refractivity contribution in [2.75, 3.05) is 30.4 Å². The first-order valence-electron chi connectivity index (χ1n) is 11.8. The second-order valence-corrected chi connectivity index (χ2v) is 11.9. The van der Waals surface area contributed by atoms with E-state index in [9.17, 15) is 18.0 Å². The van der Waals surface area contributed by atoms with E-state index in [0.717, 1.165) is 10.6 Å². The Labute approximate surface area is 227 Å². The first-order valence-corrected chi connectivity index (χ1v) is 14.4. The van der Waals surface area contributed by atoms with Crippen molar-refractivity contribution in [1.29, 1.82) is 0 Å². The van der Waals surface area contributed by atoms with Gasteiger partial charge < -0.3 is 19.7 Å². The zero-order chi connectivity index (χ0) is 27.3. The molecule has 2 aromatic rings. The second-order valence-electron chi connectivity index (χ2n) is 9.14. The zero-order valence-corrected chi connectivity index (χ0v) is 23.5. The molecule has 3 rings (SSSR count). The predicted octanol–water partition coefficient (Wildman–Crippen LogP) is 4.07. The molecule has 0 bridgehead atoms. The molecule has 202 valence electrons. The van der Waals surface area contributed by atoms with Gasteiger partial charge in [0, 0.05) is 19.2 Å². The van der Waals surface area contributed by atoms with E-state index >= 15 is 0 Å². The third-order valence-electron chi connectivity index (χ3n) is 5.73. The number of nitrogens with zero attached hydrogens (tertiary/aromatic N) is 2. The number of hydrogen-bond acceptors (Lipinski definition) is 6. The van der Waals surface area contributed by atoms with Gasteiger partial charge in [-0.1, -0.05) is 50.0 Å². The molecule has 0 saturated heterocycles. The number of rotatable bonds is 11. The van der Waals surface area contributed by atoms with Crippen LogP contribution in [-0.4, -0.2) is 57.3 Å². The van der Waals surface area contributed by atoms with Gasteiger partial charge in [0.15, 0.2) is 11.5 Å². The first kappa shape index (κ1) is 28.9. The largest absolute Gasteiger partial charge is 0.454 e. The lowest BCUT2D eigenvalue weighted by atomic mass is 10.1. The van der Waals surface area contributed by atoms with Gasteiger partial charge in [0.25, 0.3) is 0 Å². The van der Waals surface area contributed by atoms with Gasteiger partial charge in [0.1, 0.15) is 12.6 Å². The molecule has 0 fully saturated rings. The van der Waals surface area contributed by atoms with Crippen molar-refractivity contribution in [1.82, 2.24) is 10.2 Å². The zero-order valence-electron chi connectivity index (χ0n) is 21.2. The van der Waals surface area contributed by atoms with E-state index in [-0.39, 0.29) is 30.9 Å². The molecule has 0 spiro atoms. The number of fused-ring (bicyclic) bond motifs is 1. The number of halogens is 2. The van der Waals surface area contributed by atoms with Crippen LogP contribution >= 0.6 is 23.2 Å². The SMILES string of the molecule is CC[C@@H](C(=O)NCC(C)C)N(Cc1ccc(Cl)c(Cl)c1)C(=O)CN(c1ccc2c(c1)OCO2)S(C)(=O)=O. The van der Waals surface area contributed by atoms with Crippen LogP contribution in [0.1, 0.15) is 32.8 Å². The molecule has 1 atom stereocenters. The van der Waals surface area contributed by atoms with Crippen LogP contribution in [0.3, 0.4) is 0 Å². The maximum absolute atomic E-state index is 13.7. The van der Waals surface area contributed by atoms with Crippen molar-refractivity contribution in [2.24, 2.45) is 5.92 Å². The monoisotopic (exact) mass is 571 g/mol. The van der Waals surface area contributed by atoms with E-state index in [2.05, 4.69) is 5.32 Å². The molecule has 2 amide bonds. The van der Waals surface area contributed by atoms with Gasteiger partial charge in [-0.3, -0.25) is 13.9 Å². The van der Waals surface area contributed by atoms with Crippen LogP contribution in [0.15, 0.2) is 36.4 Å². The maximum atomic E-state index is 13.7. The van der Waals surface area contributed by atoms with E-state index in [1.54, 1.807) is 31.2 Å². The van der Waals surface area contributed by atoms with Crippen LogP contribution in [0, 0.1) is 5.92 Å². The number of ether oxygens (including phenoxy) is 2. The van der Waals surface area contributed by atoms with Crippen molar-refractivity contribution < 1.29 is 27.5 Å². The Balaban J connectivity index is 1.95. The molecule has 2 aromatic carbocycles. The fraction of sp³-hybridized carbons (Fsp3) is 0.440. The summed E-state index contributed by atoms with van der Waals surface area (Å²) in [5.74, 6) is 0.204. The average molecular weight is 573 g/mol. The number of hydrogen-bond donors (Lipinski definition) is 1. The van der Waals surface area contributed by atoms with Gasteiger partial charge in [-0.15, -0.1) is 0 Å². The molecule has 1 N–H and O–H groups in total. The molecule has 1 aliphatic rings. The number of amides is 2. The summed E-state index contributed by atoms with van der Waals surface area (Å²) >= 11 is 12.2. The van der Waals surface area contributed by atoms with Gasteiger partial charge in [0.05, 0.1) is 22.0 Å². The highest BCUT2D eigenvalue weighted by atomic mass is 35.5. The molecule has 12 heteroatoms. The summed E-state index contributed by atoms with van der Waals surface area (Å²) in [4.78, 5) is 28.2. The highest BCUT2D eigenvalue weighted by Crippen LogP contribution is 2.36. The van der Waals surface area contributed by atoms with Crippen molar-refractivity contribution in [2.45, 2.75) is 39.8 Å². The summed E-state index contributed by atoms with van der Waals surface area (Å²) in [6, 6.07) is 8.73. The van der Waals surface area contributed by atoms with E-state index in [1.165, 1.54) is 17.0 Å². The summed E-state index contributed by atoms with van der Waals surface area (Å²) in [5.41, 5.74) is 0.888. The summed E-state index contributed by atoms with van der Waals surface area (Å²) < 4.78 is 37.2. The summed E-state index contributed by atoms with van der Waals surface area (Å²) in [5, 5.41) is 3.54. The van der Waals surface area contributed by atoms with E-state index in [1.807, 2.05) is 13.8 Å². The summed E-state index contributed by atoms with van der Waals surface area (Å²) in [7, 11) is -3.87. The molecular weight excluding hydrogens is 541 g/mol. The van der Waals surface area contributed by atoms with Crippen molar-refractivity contribution >= 4 is 50.7 Å². The van der Waals surface area contributed by atoms with Crippen molar-refractivity contribution in [3.63, 3.8) is 0 Å². The lowest BCUT2D eigenvalue weighted by Gasteiger charge is -2.33. The normalized spacial score (nSPS) is 13.4. The van der Waals surface area contributed by atoms with Crippen LogP contribution in [0.5, 0.6) is 11.5 Å². The molecule has 0 aliphatic carbocycles. The number of carbonyl (C=O) groups excluding carboxylic acids is 2. The lowest BCUT2D eigenvalue weighted by molar-refractivity contribution is -0.140. The minimum Gasteiger partial charge on any atom is -0.454 e. The Bertz CT molecular complexity index is 1250. The topological polar surface area (TPSA) is 105 Å². The van der Waals surface area contributed by atoms with Gasteiger partial charge in [0.2, 0.25) is 28.6 Å². The van der Waals surface area contributed by atoms with E-state index < -0.39 is 28.5 Å². The molecule has 0 saturated carbocycles. The molecule has 37 heavy (non-hydrogen) atoms. The van der Waals surface area contributed by atoms with Crippen LogP contribution < -0.4 is 19.1 Å². The third-order valence-corrected chi connectivity index (χ3v) is 7.61. The predicted molar refractivity (Wildman–Crippen MR) is 144 cm³/mol. The standard InChI is InChI=1S/C25H31Cl2N3O6S/c1-5-21(25(32)28-12-16(2)3)29(13-17-6-8-19(26)20(27)10-17)24(31)14-30(37(4,33)34)18-7-9-22-23(11-18)36-15-35-22/h6-11,16,21H,5,12-15H2,1-4H3,(H,28,32)/t21-/m0/s1. The van der Waals surface area contributed by atoms with Crippen molar-refractivity contribution in [3.8, 4) is 11.5 Å². The minimum absolute atomic E-state index is 0.0255. The average Bonchev–Trinajstić information content (AvgIpc) is 3.30. The second kappa shape index (κ2) is 12.2. The van der Waals surface area contributed by atoms with E-state index in [0.29, 0.717) is 40.1 Å². The number of sulfonamides is 1. The molecule has 1 aliphatic heterocycles. The van der Waals surface area contributed by atoms with E-state index in [4.69, 9.17) is 32.7 Å². The quantitative estimate of drug-likeness (QED) is 0.436. The Hall–Kier alpha value is -2.69. The smallest absolute Gasteiger partial charge is 0.244 e. The van der Waals surface area contributed by atoms with Crippen LogP contribution in [0.25, 0.3) is 0 Å². The lowest BCUT2D eigenvalue weighted by Crippen LogP contribution is -2.52. The maximum Gasteiger partial charge on any atom is 0.244 e. The molecule has 0 unspecified atom stereocenters. The van der Waals surface area contributed by atoms with Crippen LogP contribution in [0.2, 0.25) is 10.0 Å². The van der Waals surface area contributed by atoms with Crippen LogP contribution in [0.4, 0.5) is 5.69 Å². The Kier molecular flexibility index (Phi) is 9.55. The van der Waals surface area contributed by atoms with Crippen molar-refractivity contribution in [3.05, 3.63) is 52.0 Å². The number of nitrogens with one attached hydrogen (secondary N) is 1. The Morgan fingerprint density at radius 2 is 1.76 bits per heavy atom. The summed E-state index contributed by atoms with van der Waals surface area (Å²) in [6.07, 6.45) is 1.33. The van der Waals surface area contributed by atoms with Gasteiger partial charge in [-0.25, -0.2) is 8.42 Å². The van der Waals surface area contributed by atoms with Crippen LogP contribution in [-0.2, 0) is 26.2 Å². The summed E-state index contributed by atoms with van der Waals surface area (Å²) in [6.45, 7) is 5.70. The van der Waals surface area contributed by atoms with Gasteiger partial charge in [-0.05, 0) is 42.2 Å². The fourth-order valence-corrected chi connectivity index (χ4v) is 4.99. The number of anilines is 1. The molecular formula is C25H31Cl2N3O6S. The highest BCUT2D eigenvalue weighted by Gasteiger charge is 2.32. The fourth-order valence-electron chi connectivity index (χ4n) is 3.83. The molecule has 9 nitrogen and oxygen atoms in total. The molecule has 0 radical (unpaired) electrons.